The summed E-state index contributed by atoms with van der Waals surface area (Å²) in [5.74, 6) is -1.28. The average Bonchev–Trinajstić information content (AvgIpc) is 2.71. The van der Waals surface area contributed by atoms with Gasteiger partial charge in [0, 0.05) is 13.7 Å². The monoisotopic (exact) mass is 444 g/mol. The summed E-state index contributed by atoms with van der Waals surface area (Å²) < 4.78 is 36.7. The fourth-order valence-electron chi connectivity index (χ4n) is 3.64. The highest BCUT2D eigenvalue weighted by atomic mass is 35.5. The van der Waals surface area contributed by atoms with E-state index in [1.54, 1.807) is 27.7 Å². The molecule has 0 aromatic rings. The molecular weight excluding hydrogens is 416 g/mol. The van der Waals surface area contributed by atoms with Gasteiger partial charge in [0.25, 0.3) is 0 Å². The Hall–Kier alpha value is -0.530. The van der Waals surface area contributed by atoms with Crippen molar-refractivity contribution in [3.8, 4) is 0 Å². The van der Waals surface area contributed by atoms with Crippen LogP contribution in [0.25, 0.3) is 0 Å². The summed E-state index contributed by atoms with van der Waals surface area (Å²) in [4.78, 5) is 14.0. The predicted molar refractivity (Wildman–Crippen MR) is 99.9 cm³/mol. The summed E-state index contributed by atoms with van der Waals surface area (Å²) in [6, 6.07) is 0. The Balaban J connectivity index is 2.07. The molecule has 0 spiro atoms. The molecule has 0 aromatic carbocycles. The summed E-state index contributed by atoms with van der Waals surface area (Å²) in [5, 5.41) is 29.7. The summed E-state index contributed by atoms with van der Waals surface area (Å²) in [7, 11) is -2.56. The number of hydrogen-bond acceptors (Lipinski definition) is 9. The number of ether oxygens (including phenoxy) is 2. The molecule has 5 unspecified atom stereocenters. The van der Waals surface area contributed by atoms with Crippen LogP contribution in [0.2, 0.25) is 0 Å². The van der Waals surface area contributed by atoms with E-state index in [1.807, 2.05) is 0 Å². The van der Waals surface area contributed by atoms with Crippen molar-refractivity contribution in [2.75, 3.05) is 25.2 Å². The van der Waals surface area contributed by atoms with E-state index in [4.69, 9.17) is 21.3 Å². The van der Waals surface area contributed by atoms with Crippen molar-refractivity contribution in [3.05, 3.63) is 0 Å². The first-order chi connectivity index (χ1) is 12.7. The van der Waals surface area contributed by atoms with Gasteiger partial charge in [0.1, 0.15) is 35.6 Å². The van der Waals surface area contributed by atoms with E-state index in [-0.39, 0.29) is 18.2 Å². The van der Waals surface area contributed by atoms with Crippen LogP contribution in [0.4, 0.5) is 0 Å². The van der Waals surface area contributed by atoms with Gasteiger partial charge >= 0.3 is 0 Å². The molecule has 2 saturated heterocycles. The molecule has 2 aliphatic rings. The summed E-state index contributed by atoms with van der Waals surface area (Å²) in [5.41, 5.74) is -1.87. The number of amides is 1. The number of methoxy groups -OCH3 is 1. The van der Waals surface area contributed by atoms with Crippen LogP contribution in [0.1, 0.15) is 27.7 Å². The van der Waals surface area contributed by atoms with Crippen LogP contribution in [-0.2, 0) is 24.1 Å². The van der Waals surface area contributed by atoms with Gasteiger partial charge in [0.15, 0.2) is 16.1 Å². The van der Waals surface area contributed by atoms with Gasteiger partial charge in [-0.3, -0.25) is 4.79 Å². The Labute approximate surface area is 170 Å². The summed E-state index contributed by atoms with van der Waals surface area (Å²) in [6.07, 6.45) is -7.25. The van der Waals surface area contributed by atoms with Crippen molar-refractivity contribution in [1.82, 2.24) is 9.32 Å². The smallest absolute Gasteiger partial charge is 0.245 e. The molecule has 164 valence electrons. The number of aliphatic hydroxyl groups is 3. The highest BCUT2D eigenvalue weighted by Crippen LogP contribution is 2.39. The molecule has 0 aliphatic carbocycles. The lowest BCUT2D eigenvalue weighted by Crippen LogP contribution is -2.59. The number of rotatable bonds is 6. The van der Waals surface area contributed by atoms with Crippen molar-refractivity contribution in [1.29, 1.82) is 0 Å². The minimum Gasteiger partial charge on any atom is -0.388 e. The molecule has 2 rings (SSSR count). The van der Waals surface area contributed by atoms with E-state index in [1.165, 1.54) is 16.4 Å². The third-order valence-corrected chi connectivity index (χ3v) is 7.82. The van der Waals surface area contributed by atoms with Gasteiger partial charge in [-0.25, -0.2) is 8.42 Å². The first kappa shape index (κ1) is 23.7. The van der Waals surface area contributed by atoms with Gasteiger partial charge in [0.05, 0.1) is 11.5 Å². The van der Waals surface area contributed by atoms with Gasteiger partial charge in [-0.2, -0.15) is 4.42 Å². The van der Waals surface area contributed by atoms with Crippen LogP contribution < -0.4 is 0 Å². The minimum atomic E-state index is -3.79. The number of carbonyl (C=O) groups excluding carboxylic acids is 1. The van der Waals surface area contributed by atoms with Crippen LogP contribution in [-0.4, -0.2) is 106 Å². The molecule has 3 N–H and O–H groups in total. The maximum absolute atomic E-state index is 12.6. The molecule has 5 atom stereocenters. The highest BCUT2D eigenvalue weighted by molar-refractivity contribution is 7.91. The molecule has 0 saturated carbocycles. The van der Waals surface area contributed by atoms with Crippen molar-refractivity contribution in [2.45, 2.75) is 69.6 Å². The van der Waals surface area contributed by atoms with Gasteiger partial charge in [0.2, 0.25) is 5.91 Å². The van der Waals surface area contributed by atoms with Crippen molar-refractivity contribution >= 4 is 27.5 Å². The maximum atomic E-state index is 12.6. The van der Waals surface area contributed by atoms with Crippen LogP contribution in [0.15, 0.2) is 0 Å². The molecule has 1 amide bonds. The van der Waals surface area contributed by atoms with E-state index in [0.29, 0.717) is 0 Å². The van der Waals surface area contributed by atoms with E-state index in [9.17, 15) is 28.5 Å². The zero-order chi connectivity index (χ0) is 21.7. The average molecular weight is 445 g/mol. The van der Waals surface area contributed by atoms with Crippen LogP contribution in [0.5, 0.6) is 0 Å². The Kier molecular flexibility index (Phi) is 6.74. The van der Waals surface area contributed by atoms with Gasteiger partial charge in [-0.1, -0.05) is 0 Å². The van der Waals surface area contributed by atoms with Crippen molar-refractivity contribution in [3.63, 3.8) is 0 Å². The van der Waals surface area contributed by atoms with Crippen molar-refractivity contribution < 1.29 is 38.0 Å². The Morgan fingerprint density at radius 3 is 2.18 bits per heavy atom. The van der Waals surface area contributed by atoms with Crippen LogP contribution >= 0.6 is 11.8 Å². The Morgan fingerprint density at radius 1 is 1.14 bits per heavy atom. The first-order valence-corrected chi connectivity index (χ1v) is 11.0. The maximum Gasteiger partial charge on any atom is 0.245 e. The van der Waals surface area contributed by atoms with Gasteiger partial charge < -0.3 is 29.7 Å². The van der Waals surface area contributed by atoms with Gasteiger partial charge in [-0.05, 0) is 39.5 Å². The summed E-state index contributed by atoms with van der Waals surface area (Å²) >= 11 is 6.27. The lowest BCUT2D eigenvalue weighted by atomic mass is 10.00. The second kappa shape index (κ2) is 7.95. The predicted octanol–water partition coefficient (Wildman–Crippen LogP) is -1.33. The molecule has 10 nitrogen and oxygen atoms in total. The van der Waals surface area contributed by atoms with Crippen molar-refractivity contribution in [2.24, 2.45) is 0 Å². The largest absolute Gasteiger partial charge is 0.388 e. The lowest BCUT2D eigenvalue weighted by Gasteiger charge is -2.39. The third-order valence-electron chi connectivity index (χ3n) is 5.35. The first-order valence-electron chi connectivity index (χ1n) is 8.88. The molecule has 2 aliphatic heterocycles. The Bertz CT molecular complexity index is 699. The zero-order valence-corrected chi connectivity index (χ0v) is 18.1. The SMILES string of the molecule is COC1OC(CS(=O)(=O)CCN2C(=O)C(C)(C)N(Cl)C2(C)C)C(O)C(O)C1O. The molecule has 28 heavy (non-hydrogen) atoms. The van der Waals surface area contributed by atoms with E-state index in [0.717, 1.165) is 0 Å². The normalized spacial score (nSPS) is 36.1. The molecule has 0 aromatic heterocycles. The number of sulfone groups is 1. The summed E-state index contributed by atoms with van der Waals surface area (Å²) in [6.45, 7) is 6.65. The number of hydrogen-bond donors (Lipinski definition) is 3. The van der Waals surface area contributed by atoms with Crippen LogP contribution in [0.3, 0.4) is 0 Å². The number of carbonyl (C=O) groups is 1. The second-order valence-corrected chi connectivity index (χ2v) is 10.7. The topological polar surface area (TPSA) is 137 Å². The fraction of sp³-hybridized carbons (Fsp3) is 0.938. The molecule has 0 bridgehead atoms. The molecule has 2 heterocycles. The minimum absolute atomic E-state index is 0.0947. The highest BCUT2D eigenvalue weighted by Gasteiger charge is 2.56. The lowest BCUT2D eigenvalue weighted by molar-refractivity contribution is -0.285. The molecule has 0 radical (unpaired) electrons. The zero-order valence-electron chi connectivity index (χ0n) is 16.6. The van der Waals surface area contributed by atoms with Gasteiger partial charge in [-0.15, -0.1) is 0 Å². The standard InChI is InChI=1S/C16H29ClN2O8S/c1-15(2)14(23)18(16(3,4)19(15)17)6-7-28(24,25)8-9-10(20)11(21)12(22)13(26-5)27-9/h9-13,20-22H,6-8H2,1-5H3. The molecular formula is C16H29ClN2O8S. The molecule has 12 heteroatoms. The number of halogens is 1. The van der Waals surface area contributed by atoms with E-state index in [2.05, 4.69) is 0 Å². The molecule has 2 fully saturated rings. The Morgan fingerprint density at radius 2 is 1.71 bits per heavy atom. The third kappa shape index (κ3) is 4.17. The van der Waals surface area contributed by atoms with Crippen LogP contribution in [0, 0.1) is 0 Å². The fourth-order valence-corrected chi connectivity index (χ4v) is 5.21. The number of aliphatic hydroxyl groups excluding tert-OH is 3. The quantitative estimate of drug-likeness (QED) is 0.425. The van der Waals surface area contributed by atoms with E-state index >= 15 is 0 Å². The number of nitrogens with zero attached hydrogens (tertiary/aromatic N) is 2. The van der Waals surface area contributed by atoms with E-state index < -0.39 is 57.5 Å². The second-order valence-electron chi connectivity index (χ2n) is 8.16.